The van der Waals surface area contributed by atoms with Crippen molar-refractivity contribution in [2.75, 3.05) is 41.0 Å². The normalized spacial score (nSPS) is 13.6. The number of quaternary nitrogens is 1. The molecule has 0 saturated carbocycles. The Balaban J connectivity index is 4.29. The number of carbonyl (C=O) groups excluding carboxylic acids is 3. The third-order valence-corrected chi connectivity index (χ3v) is 11.3. The number of nitrogens with zero attached hydrogens (tertiary/aromatic N) is 1. The van der Waals surface area contributed by atoms with Gasteiger partial charge in [0, 0.05) is 19.3 Å². The van der Waals surface area contributed by atoms with Crippen molar-refractivity contribution in [2.24, 2.45) is 0 Å². The molecule has 0 spiro atoms. The molecule has 0 N–H and O–H groups in total. The summed E-state index contributed by atoms with van der Waals surface area (Å²) in [7, 11) is 5.40. The minimum Gasteiger partial charge on any atom is -0.544 e. The fourth-order valence-corrected chi connectivity index (χ4v) is 7.25. The van der Waals surface area contributed by atoms with E-state index in [1.807, 2.05) is 0 Å². The van der Waals surface area contributed by atoms with Crippen molar-refractivity contribution in [1.29, 1.82) is 0 Å². The zero-order valence-corrected chi connectivity index (χ0v) is 42.4. The molecule has 0 bridgehead atoms. The Hall–Kier alpha value is -3.49. The van der Waals surface area contributed by atoms with Crippen molar-refractivity contribution in [1.82, 2.24) is 0 Å². The number of rotatable bonds is 46. The summed E-state index contributed by atoms with van der Waals surface area (Å²) in [5.41, 5.74) is 0. The number of likely N-dealkylation sites (N-methyl/N-ethyl adjacent to an activating group) is 1. The lowest BCUT2D eigenvalue weighted by Crippen LogP contribution is -2.55. The molecule has 0 aliphatic carbocycles. The first-order valence-corrected chi connectivity index (χ1v) is 26.1. The molecule has 2 atom stereocenters. The summed E-state index contributed by atoms with van der Waals surface area (Å²) < 4.78 is 17.2. The topological polar surface area (TPSA) is 102 Å². The number of allylic oxidation sites excluding steroid dienone is 14. The van der Waals surface area contributed by atoms with Gasteiger partial charge in [-0.25, -0.2) is 0 Å². The first kappa shape index (κ1) is 61.5. The van der Waals surface area contributed by atoms with E-state index < -0.39 is 18.1 Å². The summed E-state index contributed by atoms with van der Waals surface area (Å²) in [5.74, 6) is -1.77. The van der Waals surface area contributed by atoms with Crippen LogP contribution in [0.2, 0.25) is 0 Å². The van der Waals surface area contributed by atoms with Gasteiger partial charge >= 0.3 is 11.9 Å². The highest BCUT2D eigenvalue weighted by molar-refractivity contribution is 5.70. The minimum atomic E-state index is -1.13. The molecular weight excluding hydrogens is 811 g/mol. The first-order valence-electron chi connectivity index (χ1n) is 26.1. The van der Waals surface area contributed by atoms with E-state index in [0.29, 0.717) is 12.8 Å². The summed E-state index contributed by atoms with van der Waals surface area (Å²) in [5, 5.41) is 11.7. The van der Waals surface area contributed by atoms with E-state index in [1.165, 1.54) is 77.0 Å². The van der Waals surface area contributed by atoms with E-state index in [2.05, 4.69) is 98.9 Å². The number of hydrogen-bond acceptors (Lipinski definition) is 7. The van der Waals surface area contributed by atoms with E-state index in [9.17, 15) is 19.5 Å². The van der Waals surface area contributed by atoms with Crippen LogP contribution in [0.1, 0.15) is 206 Å². The maximum absolute atomic E-state index is 12.8. The average Bonchev–Trinajstić information content (AvgIpc) is 3.27. The van der Waals surface area contributed by atoms with Crippen LogP contribution < -0.4 is 5.11 Å². The number of unbranched alkanes of at least 4 members (excludes halogenated alkanes) is 18. The highest BCUT2D eigenvalue weighted by Gasteiger charge is 2.25. The van der Waals surface area contributed by atoms with Crippen LogP contribution >= 0.6 is 0 Å². The Labute approximate surface area is 399 Å². The fourth-order valence-electron chi connectivity index (χ4n) is 7.25. The minimum absolute atomic E-state index is 0.0289. The molecule has 8 heteroatoms. The highest BCUT2D eigenvalue weighted by atomic mass is 16.6. The molecule has 0 aromatic carbocycles. The molecular formula is C57H97NO7. The van der Waals surface area contributed by atoms with Gasteiger partial charge in [-0.3, -0.25) is 9.59 Å². The second-order valence-corrected chi connectivity index (χ2v) is 18.4. The predicted octanol–water partition coefficient (Wildman–Crippen LogP) is 13.9. The van der Waals surface area contributed by atoms with Crippen molar-refractivity contribution in [3.05, 3.63) is 85.1 Å². The van der Waals surface area contributed by atoms with E-state index in [-0.39, 0.29) is 42.7 Å². The second kappa shape index (κ2) is 47.0. The highest BCUT2D eigenvalue weighted by Crippen LogP contribution is 2.14. The summed E-state index contributed by atoms with van der Waals surface area (Å²) in [4.78, 5) is 37.1. The van der Waals surface area contributed by atoms with Gasteiger partial charge in [-0.2, -0.15) is 0 Å². The lowest BCUT2D eigenvalue weighted by molar-refractivity contribution is -0.889. The Kier molecular flexibility index (Phi) is 44.5. The van der Waals surface area contributed by atoms with Gasteiger partial charge < -0.3 is 28.6 Å². The molecule has 65 heavy (non-hydrogen) atoms. The van der Waals surface area contributed by atoms with E-state index >= 15 is 0 Å². The van der Waals surface area contributed by atoms with E-state index in [0.717, 1.165) is 96.3 Å². The number of ether oxygens (including phenoxy) is 3. The second-order valence-electron chi connectivity index (χ2n) is 18.4. The fraction of sp³-hybridized carbons (Fsp3) is 0.702. The number of carbonyl (C=O) groups is 3. The van der Waals surface area contributed by atoms with E-state index in [4.69, 9.17) is 14.2 Å². The molecule has 0 aromatic rings. The molecule has 0 aliphatic rings. The summed E-state index contributed by atoms with van der Waals surface area (Å²) in [6, 6.07) is -0.734. The summed E-state index contributed by atoms with van der Waals surface area (Å²) in [6.45, 7) is 4.51. The zero-order chi connectivity index (χ0) is 47.7. The number of esters is 2. The lowest BCUT2D eigenvalue weighted by Gasteiger charge is -2.34. The maximum atomic E-state index is 12.8. The van der Waals surface area contributed by atoms with Crippen LogP contribution in [-0.2, 0) is 28.6 Å². The van der Waals surface area contributed by atoms with Crippen LogP contribution in [0.15, 0.2) is 85.1 Å². The Morgan fingerprint density at radius 1 is 0.477 bits per heavy atom. The van der Waals surface area contributed by atoms with Crippen molar-refractivity contribution in [3.8, 4) is 0 Å². The number of carboxylic acid groups (broad SMARTS) is 1. The number of carboxylic acids is 1. The van der Waals surface area contributed by atoms with Crippen LogP contribution in [0.25, 0.3) is 0 Å². The van der Waals surface area contributed by atoms with Crippen molar-refractivity contribution in [3.63, 3.8) is 0 Å². The van der Waals surface area contributed by atoms with Crippen LogP contribution in [0.5, 0.6) is 0 Å². The van der Waals surface area contributed by atoms with Gasteiger partial charge in [0.1, 0.15) is 12.6 Å². The number of aliphatic carboxylic acids is 1. The van der Waals surface area contributed by atoms with Gasteiger partial charge in [0.05, 0.1) is 40.3 Å². The van der Waals surface area contributed by atoms with Gasteiger partial charge in [-0.1, -0.05) is 182 Å². The average molecular weight is 908 g/mol. The van der Waals surface area contributed by atoms with Gasteiger partial charge in [0.25, 0.3) is 0 Å². The molecule has 0 aromatic heterocycles. The lowest BCUT2D eigenvalue weighted by atomic mass is 10.0. The van der Waals surface area contributed by atoms with Gasteiger partial charge in [0.15, 0.2) is 6.10 Å². The first-order chi connectivity index (χ1) is 31.6. The van der Waals surface area contributed by atoms with Crippen molar-refractivity contribution in [2.45, 2.75) is 219 Å². The third-order valence-electron chi connectivity index (χ3n) is 11.3. The predicted molar refractivity (Wildman–Crippen MR) is 272 cm³/mol. The summed E-state index contributed by atoms with van der Waals surface area (Å²) >= 11 is 0. The molecule has 2 unspecified atom stereocenters. The van der Waals surface area contributed by atoms with Crippen LogP contribution in [0.4, 0.5) is 0 Å². The molecule has 372 valence electrons. The van der Waals surface area contributed by atoms with Gasteiger partial charge in [-0.05, 0) is 89.9 Å². The molecule has 0 radical (unpaired) electrons. The van der Waals surface area contributed by atoms with E-state index in [1.54, 1.807) is 21.1 Å². The van der Waals surface area contributed by atoms with Crippen LogP contribution in [-0.4, -0.2) is 75.5 Å². The summed E-state index contributed by atoms with van der Waals surface area (Å²) in [6.07, 6.45) is 61.8. The molecule has 0 aliphatic heterocycles. The van der Waals surface area contributed by atoms with Gasteiger partial charge in [0.2, 0.25) is 0 Å². The Bertz CT molecular complexity index is 1330. The third kappa shape index (κ3) is 45.5. The van der Waals surface area contributed by atoms with Crippen LogP contribution in [0, 0.1) is 0 Å². The standard InChI is InChI=1S/C57H97NO7/c1-6-8-10-12-14-16-18-20-22-24-26-28-30-31-33-35-37-39-41-43-45-47-55(59)64-52-53(51-63-50-49-54(57(61)62)58(3,4)5)65-56(60)48-46-44-42-40-38-36-34-32-29-27-25-23-21-19-17-15-13-11-9-7-2/h9,11,14-17,20-23,26,28,31,33,53-54H,6-8,10,12-13,18-19,24-25,27,29-30,32,34-52H2,1-5H3/b11-9+,16-14+,17-15+,22-20+,23-21+,28-26+,33-31+. The molecule has 0 rings (SSSR count). The molecule has 8 nitrogen and oxygen atoms in total. The van der Waals surface area contributed by atoms with Crippen molar-refractivity contribution < 1.29 is 38.2 Å². The zero-order valence-electron chi connectivity index (χ0n) is 42.4. The molecule has 0 saturated heterocycles. The Morgan fingerprint density at radius 3 is 1.28 bits per heavy atom. The van der Waals surface area contributed by atoms with Crippen LogP contribution in [0.3, 0.4) is 0 Å². The molecule has 0 fully saturated rings. The molecule has 0 heterocycles. The Morgan fingerprint density at radius 2 is 0.862 bits per heavy atom. The largest absolute Gasteiger partial charge is 0.544 e. The smallest absolute Gasteiger partial charge is 0.306 e. The monoisotopic (exact) mass is 908 g/mol. The van der Waals surface area contributed by atoms with Crippen molar-refractivity contribution >= 4 is 17.9 Å². The van der Waals surface area contributed by atoms with Gasteiger partial charge in [-0.15, -0.1) is 0 Å². The maximum Gasteiger partial charge on any atom is 0.306 e. The number of hydrogen-bond donors (Lipinski definition) is 0. The quantitative estimate of drug-likeness (QED) is 0.0259. The SMILES string of the molecule is CC/C=C/C/C=C/C/C=C/CCCCCCCCCCCCC(=O)OC(COCCC(C(=O)[O-])[N+](C)(C)C)COC(=O)CCCCCCC/C=C/C/C=C/C/C=C/C/C=C/CCCCC. The molecule has 0 amide bonds.